The average Bonchev–Trinajstić information content (AvgIpc) is 3.43. The van der Waals surface area contributed by atoms with E-state index in [4.69, 9.17) is 4.17 Å². The van der Waals surface area contributed by atoms with Crippen molar-refractivity contribution in [2.75, 3.05) is 37.0 Å². The van der Waals surface area contributed by atoms with E-state index in [1.165, 1.54) is 422 Å². The fraction of sp³-hybridized carbons (Fsp3) is 1.00. The molecular formula is C72H150BF4NP2. The Morgan fingerprint density at radius 3 is 0.362 bits per heavy atom. The number of unbranched alkanes of at least 4 members (excludes halogenated alkanes) is 54. The van der Waals surface area contributed by atoms with Crippen molar-refractivity contribution in [3.63, 3.8) is 0 Å². The molecule has 0 aliphatic heterocycles. The van der Waals surface area contributed by atoms with E-state index < -0.39 is 21.4 Å². The molecule has 0 atom stereocenters. The lowest BCUT2D eigenvalue weighted by Crippen LogP contribution is -2.10. The molecule has 0 spiro atoms. The lowest BCUT2D eigenvalue weighted by atomic mass is 10.1. The summed E-state index contributed by atoms with van der Waals surface area (Å²) in [4.78, 5) is 0. The monoisotopic (exact) mass is 1180 g/mol. The van der Waals surface area contributed by atoms with Crippen LogP contribution in [0.25, 0.3) is 0 Å². The van der Waals surface area contributed by atoms with Gasteiger partial charge in [0.15, 0.2) is 0 Å². The summed E-state index contributed by atoms with van der Waals surface area (Å²) < 4.78 is 46.0. The van der Waals surface area contributed by atoms with Gasteiger partial charge in [-0.25, -0.2) is 0 Å². The minimum Gasteiger partial charge on any atom is -0.418 e. The second-order valence-electron chi connectivity index (χ2n) is 26.2. The fourth-order valence-electron chi connectivity index (χ4n) is 12.7. The highest BCUT2D eigenvalue weighted by atomic mass is 31.2. The van der Waals surface area contributed by atoms with Crippen molar-refractivity contribution in [1.29, 1.82) is 0 Å². The maximum atomic E-state index is 9.75. The zero-order chi connectivity index (χ0) is 58.9. The highest BCUT2D eigenvalue weighted by molar-refractivity contribution is 7.73. The van der Waals surface area contributed by atoms with Gasteiger partial charge < -0.3 is 17.3 Å². The maximum Gasteiger partial charge on any atom is 0.673 e. The molecule has 0 fully saturated rings. The minimum atomic E-state index is -6.00. The molecule has 8 heteroatoms. The van der Waals surface area contributed by atoms with E-state index in [0.29, 0.717) is 0 Å². The van der Waals surface area contributed by atoms with Crippen molar-refractivity contribution in [1.82, 2.24) is 4.17 Å². The Labute approximate surface area is 504 Å². The van der Waals surface area contributed by atoms with Gasteiger partial charge in [0.25, 0.3) is 0 Å². The highest BCUT2D eigenvalue weighted by Gasteiger charge is 2.35. The molecule has 0 unspecified atom stereocenters. The smallest absolute Gasteiger partial charge is 0.418 e. The Bertz CT molecular complexity index is 1060. The number of nitrogens with zero attached hydrogens (tertiary/aromatic N) is 1. The quantitative estimate of drug-likeness (QED) is 0.0189. The van der Waals surface area contributed by atoms with E-state index in [1.54, 1.807) is 0 Å². The molecule has 0 rings (SSSR count). The van der Waals surface area contributed by atoms with Gasteiger partial charge in [-0.15, -0.1) is 0 Å². The van der Waals surface area contributed by atoms with Gasteiger partial charge in [-0.2, -0.15) is 4.17 Å². The third-order valence-electron chi connectivity index (χ3n) is 17.9. The van der Waals surface area contributed by atoms with E-state index in [2.05, 4.69) is 41.5 Å². The molecule has 484 valence electrons. The average molecular weight is 1180 g/mol. The predicted octanol–water partition coefficient (Wildman–Crippen LogP) is 29.3. The van der Waals surface area contributed by atoms with Crippen LogP contribution >= 0.6 is 14.1 Å². The summed E-state index contributed by atoms with van der Waals surface area (Å²) in [5.74, 6) is 0. The minimum absolute atomic E-state index is 1.37. The number of rotatable bonds is 66. The molecule has 0 aliphatic carbocycles. The van der Waals surface area contributed by atoms with E-state index in [0.717, 1.165) is 0 Å². The van der Waals surface area contributed by atoms with Crippen LogP contribution in [-0.4, -0.2) is 44.2 Å². The van der Waals surface area contributed by atoms with Crippen LogP contribution in [0.2, 0.25) is 0 Å². The van der Waals surface area contributed by atoms with Crippen LogP contribution in [0.5, 0.6) is 0 Å². The van der Waals surface area contributed by atoms with Gasteiger partial charge >= 0.3 is 7.25 Å². The third kappa shape index (κ3) is 65.9. The van der Waals surface area contributed by atoms with Gasteiger partial charge in [0.05, 0.1) is 0 Å². The summed E-state index contributed by atoms with van der Waals surface area (Å²) in [7, 11) is -8.81. The first-order chi connectivity index (χ1) is 39.1. The topological polar surface area (TPSA) is 14.1 Å². The van der Waals surface area contributed by atoms with Gasteiger partial charge in [-0.3, -0.25) is 0 Å². The first kappa shape index (κ1) is 82.4. The molecule has 0 N–H and O–H groups in total. The van der Waals surface area contributed by atoms with E-state index in [9.17, 15) is 17.3 Å². The molecule has 0 aromatic rings. The maximum absolute atomic E-state index is 9.75. The van der Waals surface area contributed by atoms with E-state index in [-0.39, 0.29) is 0 Å². The molecule has 0 aromatic carbocycles. The molecule has 80 heavy (non-hydrogen) atoms. The van der Waals surface area contributed by atoms with Gasteiger partial charge in [0.1, 0.15) is 0 Å². The summed E-state index contributed by atoms with van der Waals surface area (Å²) in [5, 5.41) is 0. The van der Waals surface area contributed by atoms with Gasteiger partial charge in [-0.1, -0.05) is 388 Å². The predicted molar refractivity (Wildman–Crippen MR) is 366 cm³/mol. The van der Waals surface area contributed by atoms with Crippen molar-refractivity contribution in [3.8, 4) is 0 Å². The van der Waals surface area contributed by atoms with Crippen LogP contribution in [0.1, 0.15) is 427 Å². The van der Waals surface area contributed by atoms with Crippen LogP contribution in [0, 0.1) is 0 Å². The standard InChI is InChI=1S/C72H150NP2.BF4/c1-7-13-19-25-31-37-43-49-55-61-67-74(68-62-56-50-44-38-32-26-20-14-8-2,69-63-57-51-45-39-33-27-21-15-9-3)73-75(70-64-58-52-46-40-34-28-22-16-10-4,71-65-59-53-47-41-35-29-23-17-11-5)72-66-60-54-48-42-36-30-24-18-12-6;2-1(3,4)5/h7-72H2,1-6H3;/q+1;-1. The van der Waals surface area contributed by atoms with E-state index in [1.807, 2.05) is 0 Å². The number of halogens is 4. The lowest BCUT2D eigenvalue weighted by Gasteiger charge is -2.20. The molecular weight excluding hydrogens is 1030 g/mol. The molecule has 0 heterocycles. The normalized spacial score (nSPS) is 12.1. The second-order valence-corrected chi connectivity index (χ2v) is 34.0. The van der Waals surface area contributed by atoms with Crippen molar-refractivity contribution in [2.45, 2.75) is 427 Å². The van der Waals surface area contributed by atoms with Crippen LogP contribution in [-0.2, 0) is 0 Å². The SMILES string of the molecule is CCCCCCCCCCCCP(CCCCCCCCCCCC)(CCCCCCCCCCCC)=[N+]=P(CCCCCCCCCCCC)(CCCCCCCCCCCC)CCCCCCCCCCCC.F[B-](F)(F)F. The fourth-order valence-corrected chi connectivity index (χ4v) is 24.3. The third-order valence-corrected chi connectivity index (χ3v) is 27.9. The van der Waals surface area contributed by atoms with Crippen molar-refractivity contribution >= 4 is 21.4 Å². The van der Waals surface area contributed by atoms with Crippen molar-refractivity contribution in [2.24, 2.45) is 0 Å². The summed E-state index contributed by atoms with van der Waals surface area (Å²) in [6.07, 6.45) is 97.2. The first-order valence-corrected chi connectivity index (χ1v) is 42.0. The Morgan fingerprint density at radius 1 is 0.175 bits per heavy atom. The number of hydrogen-bond donors (Lipinski definition) is 0. The largest absolute Gasteiger partial charge is 0.673 e. The molecule has 0 radical (unpaired) electrons. The Morgan fingerprint density at radius 2 is 0.263 bits per heavy atom. The van der Waals surface area contributed by atoms with Crippen LogP contribution in [0.4, 0.5) is 17.3 Å². The molecule has 1 nitrogen and oxygen atoms in total. The van der Waals surface area contributed by atoms with Gasteiger partial charge in [0.2, 0.25) is 14.1 Å². The second kappa shape index (κ2) is 66.9. The Balaban J connectivity index is 0. The van der Waals surface area contributed by atoms with Crippen LogP contribution < -0.4 is 4.17 Å². The highest BCUT2D eigenvalue weighted by Crippen LogP contribution is 2.56. The molecule has 0 saturated carbocycles. The van der Waals surface area contributed by atoms with Gasteiger partial charge in [-0.05, 0) is 38.5 Å². The molecule has 0 saturated heterocycles. The van der Waals surface area contributed by atoms with Gasteiger partial charge in [0, 0.05) is 37.0 Å². The number of hydrogen-bond acceptors (Lipinski definition) is 0. The Hall–Kier alpha value is 0.355. The van der Waals surface area contributed by atoms with Crippen LogP contribution in [0.3, 0.4) is 0 Å². The summed E-state index contributed by atoms with van der Waals surface area (Å²) >= 11 is 0. The van der Waals surface area contributed by atoms with Crippen molar-refractivity contribution < 1.29 is 17.3 Å². The zero-order valence-electron chi connectivity index (χ0n) is 56.1. The Kier molecular flexibility index (Phi) is 68.9. The molecule has 0 bridgehead atoms. The lowest BCUT2D eigenvalue weighted by molar-refractivity contribution is 0.368. The summed E-state index contributed by atoms with van der Waals surface area (Å²) in [6.45, 7) is 14.2. The zero-order valence-corrected chi connectivity index (χ0v) is 57.9. The molecule has 0 aromatic heterocycles. The summed E-state index contributed by atoms with van der Waals surface area (Å²) in [5.41, 5.74) is 0. The van der Waals surface area contributed by atoms with Crippen molar-refractivity contribution in [3.05, 3.63) is 0 Å². The van der Waals surface area contributed by atoms with Crippen LogP contribution in [0.15, 0.2) is 0 Å². The summed E-state index contributed by atoms with van der Waals surface area (Å²) in [6, 6.07) is 0. The molecule has 0 aliphatic rings. The molecule has 0 amide bonds. The van der Waals surface area contributed by atoms with E-state index >= 15 is 0 Å². The first-order valence-electron chi connectivity index (χ1n) is 37.4.